The number of nitrogens with one attached hydrogen (secondary N) is 2. The Labute approximate surface area is 390 Å². The van der Waals surface area contributed by atoms with E-state index in [0.717, 1.165) is 19.4 Å². The van der Waals surface area contributed by atoms with Crippen LogP contribution in [0.5, 0.6) is 0 Å². The molecular formula is C46H98N2O16. The monoisotopic (exact) mass is 935 g/mol. The normalized spacial score (nSPS) is 11.6. The number of ketones is 1. The van der Waals surface area contributed by atoms with Crippen LogP contribution in [0.4, 0.5) is 0 Å². The fourth-order valence-electron chi connectivity index (χ4n) is 4.42. The lowest BCUT2D eigenvalue weighted by Gasteiger charge is -2.19. The first-order valence-electron chi connectivity index (χ1n) is 23.6. The predicted molar refractivity (Wildman–Crippen MR) is 251 cm³/mol. The molecule has 0 saturated heterocycles. The Morgan fingerprint density at radius 2 is 0.844 bits per heavy atom. The summed E-state index contributed by atoms with van der Waals surface area (Å²) in [6, 6.07) is -0.466. The summed E-state index contributed by atoms with van der Waals surface area (Å²) in [6.07, 6.45) is 2.98. The van der Waals surface area contributed by atoms with Crippen LogP contribution in [0.25, 0.3) is 0 Å². The van der Waals surface area contributed by atoms with E-state index in [-0.39, 0.29) is 85.1 Å². The molecule has 18 heteroatoms. The predicted octanol–water partition coefficient (Wildman–Crippen LogP) is 4.95. The van der Waals surface area contributed by atoms with Crippen LogP contribution in [0.3, 0.4) is 0 Å². The smallest absolute Gasteiger partial charge is 0.246 e. The van der Waals surface area contributed by atoms with Crippen molar-refractivity contribution in [3.63, 3.8) is 0 Å². The minimum absolute atomic E-state index is 0. The van der Waals surface area contributed by atoms with Gasteiger partial charge in [0.25, 0.3) is 0 Å². The van der Waals surface area contributed by atoms with Gasteiger partial charge in [-0.15, -0.1) is 0 Å². The third kappa shape index (κ3) is 62.2. The summed E-state index contributed by atoms with van der Waals surface area (Å²) < 4.78 is 70.4. The zero-order chi connectivity index (χ0) is 48.2. The minimum Gasteiger partial charge on any atom is -0.379 e. The summed E-state index contributed by atoms with van der Waals surface area (Å²) in [6.45, 7) is 31.1. The van der Waals surface area contributed by atoms with Crippen LogP contribution in [0.15, 0.2) is 0 Å². The summed E-state index contributed by atoms with van der Waals surface area (Å²) in [7, 11) is 0. The number of hydrogen-bond donors (Lipinski definition) is 2. The number of rotatable bonds is 47. The molecule has 64 heavy (non-hydrogen) atoms. The van der Waals surface area contributed by atoms with Gasteiger partial charge in [0.1, 0.15) is 12.4 Å². The highest BCUT2D eigenvalue weighted by atomic mass is 16.6. The number of ether oxygens (including phenoxy) is 13. The average Bonchev–Trinajstić information content (AvgIpc) is 3.25. The van der Waals surface area contributed by atoms with Crippen LogP contribution in [0.1, 0.15) is 97.8 Å². The molecule has 0 bridgehead atoms. The van der Waals surface area contributed by atoms with Crippen LogP contribution in [-0.2, 0) is 76.0 Å². The summed E-state index contributed by atoms with van der Waals surface area (Å²) in [5.74, 6) is 0.124. The highest BCUT2D eigenvalue weighted by Gasteiger charge is 2.14. The second kappa shape index (κ2) is 55.4. The summed E-state index contributed by atoms with van der Waals surface area (Å²) in [5, 5.41) is 5.58. The fraction of sp³-hybridized carbons (Fsp3) is 0.935. The Kier molecular flexibility index (Phi) is 57.5. The maximum atomic E-state index is 12.4. The van der Waals surface area contributed by atoms with Gasteiger partial charge in [-0.05, 0) is 53.4 Å². The van der Waals surface area contributed by atoms with Crippen LogP contribution >= 0.6 is 0 Å². The van der Waals surface area contributed by atoms with Crippen molar-refractivity contribution in [3.05, 3.63) is 0 Å². The molecule has 0 fully saturated rings. The first-order chi connectivity index (χ1) is 31.0. The van der Waals surface area contributed by atoms with Gasteiger partial charge in [-0.3, -0.25) is 14.4 Å². The van der Waals surface area contributed by atoms with Crippen molar-refractivity contribution in [1.82, 2.24) is 10.6 Å². The van der Waals surface area contributed by atoms with Crippen molar-refractivity contribution < 1.29 is 78.8 Å². The topological polar surface area (TPSA) is 195 Å². The molecule has 0 heterocycles. The molecule has 388 valence electrons. The third-order valence-electron chi connectivity index (χ3n) is 7.65. The Balaban J connectivity index is -0.000000522. The first-order valence-corrected chi connectivity index (χ1v) is 23.6. The van der Waals surface area contributed by atoms with Gasteiger partial charge in [0.15, 0.2) is 0 Å². The van der Waals surface area contributed by atoms with Gasteiger partial charge in [-0.2, -0.15) is 0 Å². The molecule has 0 spiro atoms. The number of amides is 2. The molecule has 0 aromatic rings. The molecular weight excluding hydrogens is 837 g/mol. The largest absolute Gasteiger partial charge is 0.379 e. The quantitative estimate of drug-likeness (QED) is 0.0778. The van der Waals surface area contributed by atoms with E-state index in [9.17, 15) is 14.4 Å². The molecule has 0 aromatic carbocycles. The van der Waals surface area contributed by atoms with Crippen molar-refractivity contribution in [1.29, 1.82) is 0 Å². The van der Waals surface area contributed by atoms with E-state index in [1.54, 1.807) is 0 Å². The van der Waals surface area contributed by atoms with E-state index in [0.29, 0.717) is 125 Å². The molecule has 0 aromatic heterocycles. The van der Waals surface area contributed by atoms with E-state index in [2.05, 4.69) is 31.4 Å². The van der Waals surface area contributed by atoms with Gasteiger partial charge in [-0.1, -0.05) is 34.6 Å². The van der Waals surface area contributed by atoms with E-state index in [1.807, 2.05) is 41.5 Å². The van der Waals surface area contributed by atoms with E-state index < -0.39 is 6.04 Å². The Hall–Kier alpha value is -1.91. The third-order valence-corrected chi connectivity index (χ3v) is 7.65. The minimum atomic E-state index is -0.466. The Morgan fingerprint density at radius 1 is 0.453 bits per heavy atom. The number of Topliss-reactive ketones (excluding diaryl/α,β-unsaturated/α-hetero) is 1. The second-order valence-corrected chi connectivity index (χ2v) is 14.9. The summed E-state index contributed by atoms with van der Waals surface area (Å²) in [4.78, 5) is 35.6. The van der Waals surface area contributed by atoms with Gasteiger partial charge in [0, 0.05) is 35.5 Å². The van der Waals surface area contributed by atoms with Crippen molar-refractivity contribution >= 4 is 17.6 Å². The lowest BCUT2D eigenvalue weighted by Crippen LogP contribution is -2.43. The molecule has 0 saturated carbocycles. The highest BCUT2D eigenvalue weighted by molar-refractivity contribution is 5.77. The standard InChI is InChI=1S/C32H62N2O12.C12H26O4.C2H6.2H2/c1-27(2)6-10-38-14-16-41-20-21-45-26-32(37)34-30(24-43-11-7-29(5)35)25-44-12-8-31(36)33-9-13-39-15-17-40-18-19-42-22-23-46-28(3)4;1-4-5-13-6-7-14-8-9-15-10-11-16-12(2)3;1-2;;/h27-28,30H,6-26H2,1-5H3,(H,33,36)(H,34,37);12H,4-11H2,1-3H3;1-2H3;2*1H. The molecule has 0 aliphatic rings. The van der Waals surface area contributed by atoms with Gasteiger partial charge in [-0.25, -0.2) is 0 Å². The maximum absolute atomic E-state index is 12.4. The SMILES string of the molecule is CC.CC(=O)CCOCC(COCCC(=O)NCCOCCOCCOCCOC(C)C)NC(=O)COCCOCCOCCC(C)C.CCCOCCOCCOCCOC(C)C.[HH].[HH]. The number of carbonyl (C=O) groups excluding carboxylic acids is 3. The van der Waals surface area contributed by atoms with Gasteiger partial charge >= 0.3 is 0 Å². The lowest BCUT2D eigenvalue weighted by atomic mass is 10.1. The van der Waals surface area contributed by atoms with Gasteiger partial charge in [0.2, 0.25) is 11.8 Å². The average molecular weight is 935 g/mol. The summed E-state index contributed by atoms with van der Waals surface area (Å²) >= 11 is 0. The molecule has 1 unspecified atom stereocenters. The van der Waals surface area contributed by atoms with Crippen LogP contribution in [0, 0.1) is 5.92 Å². The fourth-order valence-corrected chi connectivity index (χ4v) is 4.42. The number of hydrogen-bond acceptors (Lipinski definition) is 16. The van der Waals surface area contributed by atoms with Crippen molar-refractivity contribution in [2.24, 2.45) is 5.92 Å². The molecule has 2 N–H and O–H groups in total. The maximum Gasteiger partial charge on any atom is 0.246 e. The Morgan fingerprint density at radius 3 is 1.27 bits per heavy atom. The first kappa shape index (κ1) is 66.4. The van der Waals surface area contributed by atoms with E-state index in [4.69, 9.17) is 61.6 Å². The highest BCUT2D eigenvalue weighted by Crippen LogP contribution is 1.99. The van der Waals surface area contributed by atoms with E-state index in [1.165, 1.54) is 6.92 Å². The molecule has 18 nitrogen and oxygen atoms in total. The second-order valence-electron chi connectivity index (χ2n) is 14.9. The van der Waals surface area contributed by atoms with E-state index >= 15 is 0 Å². The van der Waals surface area contributed by atoms with Gasteiger partial charge < -0.3 is 72.2 Å². The van der Waals surface area contributed by atoms with Crippen molar-refractivity contribution in [2.75, 3.05) is 165 Å². The summed E-state index contributed by atoms with van der Waals surface area (Å²) in [5.41, 5.74) is 0. The zero-order valence-corrected chi connectivity index (χ0v) is 41.8. The van der Waals surface area contributed by atoms with Crippen molar-refractivity contribution in [3.8, 4) is 0 Å². The molecule has 2 amide bonds. The van der Waals surface area contributed by atoms with Crippen LogP contribution in [0.2, 0.25) is 0 Å². The Bertz CT molecular complexity index is 978. The number of carbonyl (C=O) groups is 3. The molecule has 0 rings (SSSR count). The molecule has 0 aliphatic carbocycles. The molecule has 0 aliphatic heterocycles. The lowest BCUT2D eigenvalue weighted by molar-refractivity contribution is -0.129. The molecule has 0 radical (unpaired) electrons. The van der Waals surface area contributed by atoms with Crippen LogP contribution < -0.4 is 10.6 Å². The molecule has 1 atom stereocenters. The van der Waals surface area contributed by atoms with Crippen LogP contribution in [-0.4, -0.2) is 201 Å². The zero-order valence-electron chi connectivity index (χ0n) is 41.8. The van der Waals surface area contributed by atoms with Gasteiger partial charge in [0.05, 0.1) is 157 Å². The van der Waals surface area contributed by atoms with Crippen molar-refractivity contribution in [2.45, 2.75) is 113 Å².